The van der Waals surface area contributed by atoms with Crippen LogP contribution in [0.3, 0.4) is 0 Å². The van der Waals surface area contributed by atoms with Gasteiger partial charge in [-0.15, -0.1) is 0 Å². The van der Waals surface area contributed by atoms with Crippen LogP contribution in [0, 0.1) is 17.6 Å². The average Bonchev–Trinajstić information content (AvgIpc) is 2.42. The molecule has 0 N–H and O–H groups in total. The molecule has 0 atom stereocenters. The van der Waals surface area contributed by atoms with E-state index < -0.39 is 23.5 Å². The summed E-state index contributed by atoms with van der Waals surface area (Å²) in [6.45, 7) is -0.0149. The summed E-state index contributed by atoms with van der Waals surface area (Å²) in [5.41, 5.74) is 0.715. The number of pyridine rings is 1. The quantitative estimate of drug-likeness (QED) is 0.799. The second-order valence-corrected chi connectivity index (χ2v) is 3.68. The molecule has 0 saturated heterocycles. The second-order valence-electron chi connectivity index (χ2n) is 3.68. The number of hydrogen-bond acceptors (Lipinski definition) is 3. The number of nitrogens with zero attached hydrogens (tertiary/aromatic N) is 1. The summed E-state index contributed by atoms with van der Waals surface area (Å²) in [7, 11) is 1.53. The van der Waals surface area contributed by atoms with Crippen molar-refractivity contribution in [3.8, 4) is 11.6 Å². The van der Waals surface area contributed by atoms with Crippen molar-refractivity contribution < 1.29 is 22.6 Å². The second kappa shape index (κ2) is 5.60. The van der Waals surface area contributed by atoms with Gasteiger partial charge in [0.25, 0.3) is 11.8 Å². The highest BCUT2D eigenvalue weighted by Crippen LogP contribution is 2.18. The molecule has 2 aromatic rings. The van der Waals surface area contributed by atoms with Gasteiger partial charge in [-0.05, 0) is 17.7 Å². The summed E-state index contributed by atoms with van der Waals surface area (Å²) in [4.78, 5) is 3.06. The van der Waals surface area contributed by atoms with Crippen molar-refractivity contribution in [1.82, 2.24) is 4.98 Å². The third-order valence-corrected chi connectivity index (χ3v) is 2.39. The Morgan fingerprint density at radius 2 is 1.74 bits per heavy atom. The number of halogens is 3. The van der Waals surface area contributed by atoms with E-state index in [0.717, 1.165) is 0 Å². The third-order valence-electron chi connectivity index (χ3n) is 2.39. The van der Waals surface area contributed by atoms with E-state index in [1.165, 1.54) is 7.11 Å². The van der Waals surface area contributed by atoms with Gasteiger partial charge in [0.15, 0.2) is 11.6 Å². The molecule has 2 rings (SSSR count). The Morgan fingerprint density at radius 3 is 2.37 bits per heavy atom. The third kappa shape index (κ3) is 3.15. The van der Waals surface area contributed by atoms with E-state index in [4.69, 9.17) is 9.47 Å². The Bertz CT molecular complexity index is 573. The van der Waals surface area contributed by atoms with Gasteiger partial charge in [0.2, 0.25) is 0 Å². The summed E-state index contributed by atoms with van der Waals surface area (Å²) < 4.78 is 48.7. The highest BCUT2D eigenvalue weighted by molar-refractivity contribution is 5.27. The minimum absolute atomic E-state index is 0.0149. The first-order chi connectivity index (χ1) is 9.10. The SMILES string of the molecule is COc1ccc(COc2nc(F)c(F)cc2F)cc1. The van der Waals surface area contributed by atoms with Gasteiger partial charge in [0.05, 0.1) is 7.11 Å². The van der Waals surface area contributed by atoms with E-state index in [1.807, 2.05) is 0 Å². The van der Waals surface area contributed by atoms with E-state index >= 15 is 0 Å². The highest BCUT2D eigenvalue weighted by Gasteiger charge is 2.12. The lowest BCUT2D eigenvalue weighted by Crippen LogP contribution is -2.02. The van der Waals surface area contributed by atoms with Gasteiger partial charge in [-0.3, -0.25) is 0 Å². The van der Waals surface area contributed by atoms with Crippen LogP contribution in [0.1, 0.15) is 5.56 Å². The van der Waals surface area contributed by atoms with Crippen molar-refractivity contribution in [2.75, 3.05) is 7.11 Å². The zero-order valence-electron chi connectivity index (χ0n) is 9.99. The van der Waals surface area contributed by atoms with Gasteiger partial charge in [-0.2, -0.15) is 9.37 Å². The lowest BCUT2D eigenvalue weighted by atomic mass is 10.2. The lowest BCUT2D eigenvalue weighted by molar-refractivity contribution is 0.268. The maximum atomic E-state index is 13.2. The molecule has 0 bridgehead atoms. The Hall–Kier alpha value is -2.24. The molecule has 1 aromatic heterocycles. The summed E-state index contributed by atoms with van der Waals surface area (Å²) >= 11 is 0. The van der Waals surface area contributed by atoms with Crippen LogP contribution >= 0.6 is 0 Å². The standard InChI is InChI=1S/C13H10F3NO2/c1-18-9-4-2-8(3-5-9)7-19-13-11(15)6-10(14)12(16)17-13/h2-6H,7H2,1H3. The van der Waals surface area contributed by atoms with Crippen molar-refractivity contribution in [2.45, 2.75) is 6.61 Å². The number of methoxy groups -OCH3 is 1. The summed E-state index contributed by atoms with van der Waals surface area (Å²) in [5.74, 6) is -3.71. The molecule has 0 spiro atoms. The van der Waals surface area contributed by atoms with Crippen LogP contribution in [0.4, 0.5) is 13.2 Å². The van der Waals surface area contributed by atoms with Crippen LogP contribution in [-0.4, -0.2) is 12.1 Å². The van der Waals surface area contributed by atoms with Crippen LogP contribution in [0.5, 0.6) is 11.6 Å². The van der Waals surface area contributed by atoms with Crippen LogP contribution < -0.4 is 9.47 Å². The van der Waals surface area contributed by atoms with E-state index in [9.17, 15) is 13.2 Å². The van der Waals surface area contributed by atoms with Crippen LogP contribution in [-0.2, 0) is 6.61 Å². The molecule has 0 aliphatic rings. The molecule has 0 amide bonds. The Kier molecular flexibility index (Phi) is 3.89. The minimum atomic E-state index is -1.40. The van der Waals surface area contributed by atoms with Crippen LogP contribution in [0.15, 0.2) is 30.3 Å². The van der Waals surface area contributed by atoms with E-state index in [0.29, 0.717) is 17.4 Å². The number of hydrogen-bond donors (Lipinski definition) is 0. The predicted molar refractivity (Wildman–Crippen MR) is 61.4 cm³/mol. The first kappa shape index (κ1) is 13.2. The van der Waals surface area contributed by atoms with Gasteiger partial charge in [-0.25, -0.2) is 8.78 Å². The van der Waals surface area contributed by atoms with E-state index in [-0.39, 0.29) is 6.61 Å². The van der Waals surface area contributed by atoms with E-state index in [2.05, 4.69) is 4.98 Å². The number of aromatic nitrogens is 1. The summed E-state index contributed by atoms with van der Waals surface area (Å²) in [6, 6.07) is 7.21. The van der Waals surface area contributed by atoms with Crippen molar-refractivity contribution in [3.05, 3.63) is 53.5 Å². The van der Waals surface area contributed by atoms with Crippen molar-refractivity contribution in [2.24, 2.45) is 0 Å². The molecular formula is C13H10F3NO2. The lowest BCUT2D eigenvalue weighted by Gasteiger charge is -2.07. The fourth-order valence-electron chi connectivity index (χ4n) is 1.40. The largest absolute Gasteiger partial charge is 0.497 e. The van der Waals surface area contributed by atoms with Gasteiger partial charge < -0.3 is 9.47 Å². The van der Waals surface area contributed by atoms with Crippen LogP contribution in [0.25, 0.3) is 0 Å². The topological polar surface area (TPSA) is 31.4 Å². The minimum Gasteiger partial charge on any atom is -0.497 e. The normalized spacial score (nSPS) is 10.3. The van der Waals surface area contributed by atoms with Gasteiger partial charge in [0, 0.05) is 6.07 Å². The molecular weight excluding hydrogens is 259 g/mol. The Balaban J connectivity index is 2.07. The van der Waals surface area contributed by atoms with Crippen molar-refractivity contribution in [1.29, 1.82) is 0 Å². The molecule has 100 valence electrons. The monoisotopic (exact) mass is 269 g/mol. The van der Waals surface area contributed by atoms with Gasteiger partial charge in [-0.1, -0.05) is 12.1 Å². The molecule has 1 aromatic carbocycles. The predicted octanol–water partition coefficient (Wildman–Crippen LogP) is 3.09. The molecule has 1 heterocycles. The maximum Gasteiger partial charge on any atom is 0.253 e. The Labute approximate surface area is 107 Å². The smallest absolute Gasteiger partial charge is 0.253 e. The average molecular weight is 269 g/mol. The maximum absolute atomic E-state index is 13.2. The number of ether oxygens (including phenoxy) is 2. The fourth-order valence-corrected chi connectivity index (χ4v) is 1.40. The first-order valence-corrected chi connectivity index (χ1v) is 5.37. The number of rotatable bonds is 4. The van der Waals surface area contributed by atoms with Gasteiger partial charge in [0.1, 0.15) is 12.4 Å². The summed E-state index contributed by atoms with van der Waals surface area (Å²) in [6.07, 6.45) is 0. The molecule has 0 aliphatic carbocycles. The van der Waals surface area contributed by atoms with Crippen LogP contribution in [0.2, 0.25) is 0 Å². The molecule has 0 fully saturated rings. The molecule has 0 radical (unpaired) electrons. The fraction of sp³-hybridized carbons (Fsp3) is 0.154. The molecule has 0 saturated carbocycles. The van der Waals surface area contributed by atoms with Gasteiger partial charge >= 0.3 is 0 Å². The molecule has 0 aliphatic heterocycles. The Morgan fingerprint density at radius 1 is 1.05 bits per heavy atom. The van der Waals surface area contributed by atoms with Crippen molar-refractivity contribution in [3.63, 3.8) is 0 Å². The van der Waals surface area contributed by atoms with E-state index in [1.54, 1.807) is 24.3 Å². The molecule has 19 heavy (non-hydrogen) atoms. The van der Waals surface area contributed by atoms with Crippen molar-refractivity contribution >= 4 is 0 Å². The molecule has 6 heteroatoms. The first-order valence-electron chi connectivity index (χ1n) is 5.37. The molecule has 3 nitrogen and oxygen atoms in total. The number of benzene rings is 1. The zero-order chi connectivity index (χ0) is 13.8. The zero-order valence-corrected chi connectivity index (χ0v) is 9.99. The molecule has 0 unspecified atom stereocenters. The highest BCUT2D eigenvalue weighted by atomic mass is 19.2. The summed E-state index contributed by atoms with van der Waals surface area (Å²) in [5, 5.41) is 0.